The number of fused-ring (bicyclic) bond motifs is 10. The highest BCUT2D eigenvalue weighted by Crippen LogP contribution is 2.47. The van der Waals surface area contributed by atoms with Gasteiger partial charge in [-0.15, -0.1) is 11.3 Å². The molecule has 0 atom stereocenters. The van der Waals surface area contributed by atoms with E-state index in [1.165, 1.54) is 86.5 Å². The lowest BCUT2D eigenvalue weighted by Gasteiger charge is -2.11. The number of hydrogen-bond donors (Lipinski definition) is 1. The van der Waals surface area contributed by atoms with E-state index in [0.29, 0.717) is 0 Å². The van der Waals surface area contributed by atoms with Crippen molar-refractivity contribution in [1.82, 2.24) is 13.7 Å². The summed E-state index contributed by atoms with van der Waals surface area (Å²) in [6, 6.07) is 44.8. The largest absolute Gasteiger partial charge is 0.399 e. The second-order valence-corrected chi connectivity index (χ2v) is 14.7. The zero-order chi connectivity index (χ0) is 33.1. The summed E-state index contributed by atoms with van der Waals surface area (Å²) < 4.78 is 9.94. The molecule has 0 radical (unpaired) electrons. The van der Waals surface area contributed by atoms with E-state index in [0.717, 1.165) is 22.6 Å². The van der Waals surface area contributed by atoms with E-state index < -0.39 is 0 Å². The summed E-state index contributed by atoms with van der Waals surface area (Å²) in [5.41, 5.74) is 22.9. The number of nitrogens with zero attached hydrogens (tertiary/aromatic N) is 3. The van der Waals surface area contributed by atoms with Crippen LogP contribution >= 0.6 is 11.3 Å². The highest BCUT2D eigenvalue weighted by Gasteiger charge is 2.25. The Labute approximate surface area is 287 Å². The first kappa shape index (κ1) is 28.3. The van der Waals surface area contributed by atoms with Gasteiger partial charge in [-0.25, -0.2) is 0 Å². The number of aromatic nitrogens is 3. The number of hydrogen-bond acceptors (Lipinski definition) is 2. The standard InChI is InChI=1S/C44H34N4S/c1-25-5-13-30(14-6-25)46-37-21-28(4)11-19-33(37)41-42(46)35-24-40-36(23-39(35)47(41)31-15-7-26(2)8-16-31)43-44(49-40)34-20-12-29(45)22-38(34)48(43)32-17-9-27(3)10-18-32/h5-24H,45H2,1-4H3. The molecule has 49 heavy (non-hydrogen) atoms. The van der Waals surface area contributed by atoms with Gasteiger partial charge in [0, 0.05) is 49.0 Å². The highest BCUT2D eigenvalue weighted by molar-refractivity contribution is 7.26. The number of nitrogen functional groups attached to an aromatic ring is 1. The summed E-state index contributed by atoms with van der Waals surface area (Å²) >= 11 is 1.88. The minimum absolute atomic E-state index is 0.771. The van der Waals surface area contributed by atoms with Gasteiger partial charge in [0.25, 0.3) is 0 Å². The Bertz CT molecular complexity index is 2950. The van der Waals surface area contributed by atoms with Crippen LogP contribution in [0.2, 0.25) is 0 Å². The normalized spacial score (nSPS) is 12.2. The van der Waals surface area contributed by atoms with E-state index >= 15 is 0 Å². The highest BCUT2D eigenvalue weighted by atomic mass is 32.1. The summed E-state index contributed by atoms with van der Waals surface area (Å²) in [4.78, 5) is 0. The van der Waals surface area contributed by atoms with Crippen molar-refractivity contribution >= 4 is 81.1 Å². The van der Waals surface area contributed by atoms with Crippen LogP contribution in [0.5, 0.6) is 0 Å². The maximum atomic E-state index is 6.41. The van der Waals surface area contributed by atoms with Gasteiger partial charge in [0.2, 0.25) is 0 Å². The lowest BCUT2D eigenvalue weighted by Crippen LogP contribution is -1.96. The number of nitrogens with two attached hydrogens (primary N) is 1. The lowest BCUT2D eigenvalue weighted by atomic mass is 10.1. The summed E-state index contributed by atoms with van der Waals surface area (Å²) in [6.45, 7) is 8.63. The van der Waals surface area contributed by atoms with E-state index in [1.807, 2.05) is 17.4 Å². The van der Waals surface area contributed by atoms with Crippen molar-refractivity contribution in [2.45, 2.75) is 27.7 Å². The smallest absolute Gasteiger partial charge is 0.0804 e. The minimum Gasteiger partial charge on any atom is -0.399 e. The fourth-order valence-corrected chi connectivity index (χ4v) is 9.05. The van der Waals surface area contributed by atoms with E-state index in [9.17, 15) is 0 Å². The van der Waals surface area contributed by atoms with Crippen molar-refractivity contribution in [2.75, 3.05) is 5.73 Å². The van der Waals surface area contributed by atoms with Gasteiger partial charge in [0.05, 0.1) is 37.8 Å². The predicted octanol–water partition coefficient (Wildman–Crippen LogP) is 11.9. The SMILES string of the molecule is Cc1ccc(-n2c3cc(N)ccc3c3sc4cc5c(cc4c32)n(-c2ccc(C)cc2)c2c3ccc(C)cc3n(-c3ccc(C)cc3)c52)cc1. The van der Waals surface area contributed by atoms with E-state index in [4.69, 9.17) is 5.73 Å². The molecule has 4 aromatic heterocycles. The molecule has 0 fully saturated rings. The Balaban J connectivity index is 1.42. The second-order valence-electron chi connectivity index (χ2n) is 13.7. The summed E-state index contributed by atoms with van der Waals surface area (Å²) in [6.07, 6.45) is 0. The topological polar surface area (TPSA) is 40.8 Å². The number of benzene rings is 6. The van der Waals surface area contributed by atoms with Crippen molar-refractivity contribution in [1.29, 1.82) is 0 Å². The summed E-state index contributed by atoms with van der Waals surface area (Å²) in [5, 5.41) is 4.97. The molecule has 10 aromatic rings. The monoisotopic (exact) mass is 650 g/mol. The number of thiophene rings is 1. The van der Waals surface area contributed by atoms with Crippen LogP contribution in [0, 0.1) is 27.7 Å². The molecule has 4 heterocycles. The first-order chi connectivity index (χ1) is 23.8. The van der Waals surface area contributed by atoms with Crippen LogP contribution in [0.15, 0.2) is 121 Å². The van der Waals surface area contributed by atoms with Crippen LogP contribution in [0.1, 0.15) is 22.3 Å². The Morgan fingerprint density at radius 3 is 1.47 bits per heavy atom. The van der Waals surface area contributed by atoms with Crippen molar-refractivity contribution in [3.8, 4) is 17.1 Å². The maximum Gasteiger partial charge on any atom is 0.0804 e. The molecule has 0 aliphatic heterocycles. The van der Waals surface area contributed by atoms with Gasteiger partial charge < -0.3 is 19.4 Å². The number of aryl methyl sites for hydroxylation is 4. The molecule has 0 unspecified atom stereocenters. The van der Waals surface area contributed by atoms with Crippen LogP contribution < -0.4 is 5.73 Å². The van der Waals surface area contributed by atoms with Crippen LogP contribution in [-0.2, 0) is 0 Å². The van der Waals surface area contributed by atoms with Crippen LogP contribution in [0.25, 0.3) is 81.1 Å². The van der Waals surface area contributed by atoms with Gasteiger partial charge in [-0.2, -0.15) is 0 Å². The molecule has 0 aliphatic carbocycles. The molecule has 236 valence electrons. The van der Waals surface area contributed by atoms with E-state index in [2.05, 4.69) is 157 Å². The molecule has 2 N–H and O–H groups in total. The lowest BCUT2D eigenvalue weighted by molar-refractivity contribution is 1.17. The molecule has 0 aliphatic rings. The van der Waals surface area contributed by atoms with Crippen molar-refractivity contribution in [2.24, 2.45) is 0 Å². The first-order valence-corrected chi connectivity index (χ1v) is 17.6. The maximum absolute atomic E-state index is 6.41. The van der Waals surface area contributed by atoms with Crippen molar-refractivity contribution in [3.63, 3.8) is 0 Å². The van der Waals surface area contributed by atoms with Crippen molar-refractivity contribution in [3.05, 3.63) is 144 Å². The third kappa shape index (κ3) is 4.03. The molecule has 6 aromatic carbocycles. The Kier molecular flexibility index (Phi) is 5.83. The van der Waals surface area contributed by atoms with Crippen LogP contribution in [0.4, 0.5) is 5.69 Å². The van der Waals surface area contributed by atoms with Gasteiger partial charge in [-0.3, -0.25) is 0 Å². The predicted molar refractivity (Wildman–Crippen MR) is 211 cm³/mol. The average Bonchev–Trinajstić information content (AvgIpc) is 3.80. The third-order valence-electron chi connectivity index (χ3n) is 10.2. The zero-order valence-electron chi connectivity index (χ0n) is 27.9. The fraction of sp³-hybridized carbons (Fsp3) is 0.0909. The quantitative estimate of drug-likeness (QED) is 0.190. The average molecular weight is 651 g/mol. The van der Waals surface area contributed by atoms with Crippen molar-refractivity contribution < 1.29 is 0 Å². The van der Waals surface area contributed by atoms with Gasteiger partial charge in [-0.05, 0) is 106 Å². The Hall–Kier alpha value is -5.78. The van der Waals surface area contributed by atoms with Gasteiger partial charge >= 0.3 is 0 Å². The molecule has 0 amide bonds. The minimum atomic E-state index is 0.771. The van der Waals surface area contributed by atoms with E-state index in [-0.39, 0.29) is 0 Å². The van der Waals surface area contributed by atoms with Gasteiger partial charge in [-0.1, -0.05) is 65.2 Å². The van der Waals surface area contributed by atoms with E-state index in [1.54, 1.807) is 0 Å². The third-order valence-corrected chi connectivity index (χ3v) is 11.4. The first-order valence-electron chi connectivity index (χ1n) is 16.8. The molecular formula is C44H34N4S. The number of anilines is 1. The van der Waals surface area contributed by atoms with Crippen LogP contribution in [-0.4, -0.2) is 13.7 Å². The zero-order valence-corrected chi connectivity index (χ0v) is 28.7. The summed E-state index contributed by atoms with van der Waals surface area (Å²) in [5.74, 6) is 0. The summed E-state index contributed by atoms with van der Waals surface area (Å²) in [7, 11) is 0. The molecular weight excluding hydrogens is 617 g/mol. The molecule has 0 bridgehead atoms. The molecule has 4 nitrogen and oxygen atoms in total. The molecule has 0 spiro atoms. The second kappa shape index (κ2) is 10.1. The molecule has 10 rings (SSSR count). The fourth-order valence-electron chi connectivity index (χ4n) is 7.81. The molecule has 0 saturated carbocycles. The van der Waals surface area contributed by atoms with Gasteiger partial charge in [0.15, 0.2) is 0 Å². The Morgan fingerprint density at radius 1 is 0.408 bits per heavy atom. The molecule has 0 saturated heterocycles. The van der Waals surface area contributed by atoms with Gasteiger partial charge in [0.1, 0.15) is 0 Å². The molecule has 5 heteroatoms. The number of rotatable bonds is 3. The Morgan fingerprint density at radius 2 is 0.878 bits per heavy atom. The van der Waals surface area contributed by atoms with Crippen LogP contribution in [0.3, 0.4) is 0 Å².